The Kier molecular flexibility index (Phi) is 5.94. The van der Waals surface area contributed by atoms with Crippen molar-refractivity contribution in [2.24, 2.45) is 0 Å². The van der Waals surface area contributed by atoms with Crippen LogP contribution in [0.1, 0.15) is 19.2 Å². The maximum Gasteiger partial charge on any atom is 0.381 e. The van der Waals surface area contributed by atoms with E-state index in [1.165, 1.54) is 10.8 Å². The van der Waals surface area contributed by atoms with Gasteiger partial charge in [0.2, 0.25) is 11.7 Å². The van der Waals surface area contributed by atoms with Crippen LogP contribution in [0.2, 0.25) is 0 Å². The molecule has 106 valence electrons. The number of hydrogen-bond donors (Lipinski definition) is 2. The summed E-state index contributed by atoms with van der Waals surface area (Å²) in [5.74, 6) is 0.0227. The van der Waals surface area contributed by atoms with Crippen molar-refractivity contribution in [3.8, 4) is 0 Å². The highest BCUT2D eigenvalue weighted by atomic mass is 16.6. The Morgan fingerprint density at radius 2 is 2.21 bits per heavy atom. The van der Waals surface area contributed by atoms with Gasteiger partial charge in [0.25, 0.3) is 0 Å². The molecule has 0 aliphatic carbocycles. The van der Waals surface area contributed by atoms with Crippen molar-refractivity contribution in [1.82, 2.24) is 20.2 Å². The number of carbonyl (C=O) groups is 1. The molecule has 0 saturated heterocycles. The summed E-state index contributed by atoms with van der Waals surface area (Å²) in [7, 11) is 0. The van der Waals surface area contributed by atoms with Crippen LogP contribution in [0.3, 0.4) is 0 Å². The minimum absolute atomic E-state index is 0.0421. The van der Waals surface area contributed by atoms with Crippen LogP contribution in [0.25, 0.3) is 0 Å². The Morgan fingerprint density at radius 1 is 1.47 bits per heavy atom. The van der Waals surface area contributed by atoms with Crippen LogP contribution in [0.15, 0.2) is 6.20 Å². The molecule has 0 atom stereocenters. The Labute approximate surface area is 111 Å². The van der Waals surface area contributed by atoms with E-state index in [-0.39, 0.29) is 18.3 Å². The van der Waals surface area contributed by atoms with Crippen LogP contribution in [0.5, 0.6) is 0 Å². The van der Waals surface area contributed by atoms with Crippen molar-refractivity contribution in [2.75, 3.05) is 19.6 Å². The molecule has 8 heteroatoms. The third kappa shape index (κ3) is 5.04. The largest absolute Gasteiger partial charge is 0.381 e. The van der Waals surface area contributed by atoms with E-state index in [1.54, 1.807) is 6.92 Å². The van der Waals surface area contributed by atoms with Gasteiger partial charge < -0.3 is 20.7 Å². The summed E-state index contributed by atoms with van der Waals surface area (Å²) in [5.41, 5.74) is 0. The molecule has 0 bridgehead atoms. The van der Waals surface area contributed by atoms with Gasteiger partial charge in [-0.1, -0.05) is 6.92 Å². The lowest BCUT2D eigenvalue weighted by Gasteiger charge is -2.06. The average molecular weight is 269 g/mol. The second kappa shape index (κ2) is 7.47. The zero-order chi connectivity index (χ0) is 14.3. The molecule has 0 aliphatic heterocycles. The SMILES string of the molecule is CCCNCCNC(=O)Cn1cc([N+](=O)[O-])nc1C. The van der Waals surface area contributed by atoms with Gasteiger partial charge >= 0.3 is 5.82 Å². The monoisotopic (exact) mass is 269 g/mol. The Morgan fingerprint density at radius 3 is 2.79 bits per heavy atom. The first-order valence-electron chi connectivity index (χ1n) is 6.20. The van der Waals surface area contributed by atoms with Crippen LogP contribution in [0.4, 0.5) is 5.82 Å². The topological polar surface area (TPSA) is 102 Å². The van der Waals surface area contributed by atoms with E-state index in [0.29, 0.717) is 18.9 Å². The summed E-state index contributed by atoms with van der Waals surface area (Å²) in [4.78, 5) is 25.3. The number of nitrogens with one attached hydrogen (secondary N) is 2. The molecule has 0 aliphatic rings. The van der Waals surface area contributed by atoms with Crippen molar-refractivity contribution in [2.45, 2.75) is 26.8 Å². The van der Waals surface area contributed by atoms with Crippen LogP contribution in [0, 0.1) is 17.0 Å². The Balaban J connectivity index is 2.38. The third-order valence-electron chi connectivity index (χ3n) is 2.52. The van der Waals surface area contributed by atoms with Gasteiger partial charge in [0.1, 0.15) is 12.7 Å². The summed E-state index contributed by atoms with van der Waals surface area (Å²) in [6.07, 6.45) is 2.32. The number of aromatic nitrogens is 2. The maximum absolute atomic E-state index is 11.6. The number of aryl methyl sites for hydroxylation is 1. The molecule has 1 rings (SSSR count). The smallest absolute Gasteiger partial charge is 0.358 e. The van der Waals surface area contributed by atoms with Gasteiger partial charge in [0.05, 0.1) is 0 Å². The van der Waals surface area contributed by atoms with E-state index < -0.39 is 4.92 Å². The number of amides is 1. The lowest BCUT2D eigenvalue weighted by Crippen LogP contribution is -2.34. The van der Waals surface area contributed by atoms with Crippen molar-refractivity contribution >= 4 is 11.7 Å². The summed E-state index contributed by atoms with van der Waals surface area (Å²) in [6.45, 7) is 5.91. The molecule has 1 amide bonds. The highest BCUT2D eigenvalue weighted by Crippen LogP contribution is 2.09. The van der Waals surface area contributed by atoms with Crippen LogP contribution < -0.4 is 10.6 Å². The molecule has 0 fully saturated rings. The lowest BCUT2D eigenvalue weighted by atomic mass is 10.4. The first-order valence-corrected chi connectivity index (χ1v) is 6.20. The zero-order valence-corrected chi connectivity index (χ0v) is 11.2. The van der Waals surface area contributed by atoms with Crippen LogP contribution in [-0.2, 0) is 11.3 Å². The number of hydrogen-bond acceptors (Lipinski definition) is 5. The molecular formula is C11H19N5O3. The third-order valence-corrected chi connectivity index (χ3v) is 2.52. The standard InChI is InChI=1S/C11H19N5O3/c1-3-4-12-5-6-13-11(17)8-15-7-10(16(18)19)14-9(15)2/h7,12H,3-6,8H2,1-2H3,(H,13,17). The van der Waals surface area contributed by atoms with Gasteiger partial charge in [-0.25, -0.2) is 0 Å². The highest BCUT2D eigenvalue weighted by Gasteiger charge is 2.16. The number of imidazole rings is 1. The molecule has 1 aromatic rings. The van der Waals surface area contributed by atoms with Crippen molar-refractivity contribution in [1.29, 1.82) is 0 Å². The minimum Gasteiger partial charge on any atom is -0.358 e. The fourth-order valence-corrected chi connectivity index (χ4v) is 1.54. The molecule has 0 spiro atoms. The quantitative estimate of drug-likeness (QED) is 0.399. The predicted molar refractivity (Wildman–Crippen MR) is 69.8 cm³/mol. The number of rotatable bonds is 8. The molecule has 0 saturated carbocycles. The Bertz CT molecular complexity index is 444. The molecule has 2 N–H and O–H groups in total. The van der Waals surface area contributed by atoms with Crippen LogP contribution in [-0.4, -0.2) is 40.0 Å². The summed E-state index contributed by atoms with van der Waals surface area (Å²) < 4.78 is 1.47. The summed E-state index contributed by atoms with van der Waals surface area (Å²) >= 11 is 0. The van der Waals surface area contributed by atoms with E-state index in [9.17, 15) is 14.9 Å². The predicted octanol–water partition coefficient (Wildman–Crippen LogP) is 0.216. The fourth-order valence-electron chi connectivity index (χ4n) is 1.54. The van der Waals surface area contributed by atoms with Crippen LogP contribution >= 0.6 is 0 Å². The van der Waals surface area contributed by atoms with Crippen molar-refractivity contribution < 1.29 is 9.72 Å². The molecule has 0 radical (unpaired) electrons. The minimum atomic E-state index is -0.573. The van der Waals surface area contributed by atoms with E-state index in [4.69, 9.17) is 0 Å². The van der Waals surface area contributed by atoms with Crippen molar-refractivity contribution in [3.05, 3.63) is 22.1 Å². The molecule has 0 unspecified atom stereocenters. The highest BCUT2D eigenvalue weighted by molar-refractivity contribution is 5.75. The second-order valence-electron chi connectivity index (χ2n) is 4.13. The van der Waals surface area contributed by atoms with Gasteiger partial charge in [-0.3, -0.25) is 9.36 Å². The second-order valence-corrected chi connectivity index (χ2v) is 4.13. The zero-order valence-electron chi connectivity index (χ0n) is 11.2. The normalized spacial score (nSPS) is 10.4. The van der Waals surface area contributed by atoms with Crippen molar-refractivity contribution in [3.63, 3.8) is 0 Å². The fraction of sp³-hybridized carbons (Fsp3) is 0.636. The van der Waals surface area contributed by atoms with Gasteiger partial charge in [0, 0.05) is 20.0 Å². The number of nitrogens with zero attached hydrogens (tertiary/aromatic N) is 3. The first kappa shape index (κ1) is 15.1. The lowest BCUT2D eigenvalue weighted by molar-refractivity contribution is -0.389. The van der Waals surface area contributed by atoms with Gasteiger partial charge in [0.15, 0.2) is 0 Å². The summed E-state index contributed by atoms with van der Waals surface area (Å²) in [5, 5.41) is 16.4. The van der Waals surface area contributed by atoms with E-state index in [2.05, 4.69) is 22.5 Å². The van der Waals surface area contributed by atoms with E-state index >= 15 is 0 Å². The first-order chi connectivity index (χ1) is 9.04. The summed E-state index contributed by atoms with van der Waals surface area (Å²) in [6, 6.07) is 0. The van der Waals surface area contributed by atoms with E-state index in [1.807, 2.05) is 0 Å². The maximum atomic E-state index is 11.6. The van der Waals surface area contributed by atoms with Gasteiger partial charge in [-0.2, -0.15) is 0 Å². The number of nitro groups is 1. The molecule has 19 heavy (non-hydrogen) atoms. The van der Waals surface area contributed by atoms with Gasteiger partial charge in [-0.15, -0.1) is 0 Å². The van der Waals surface area contributed by atoms with E-state index in [0.717, 1.165) is 13.0 Å². The average Bonchev–Trinajstić information content (AvgIpc) is 2.71. The molecular weight excluding hydrogens is 250 g/mol. The molecule has 0 aromatic carbocycles. The number of carbonyl (C=O) groups excluding carboxylic acids is 1. The Hall–Kier alpha value is -1.96. The molecule has 8 nitrogen and oxygen atoms in total. The molecule has 1 aromatic heterocycles. The molecule has 1 heterocycles. The van der Waals surface area contributed by atoms with Gasteiger partial charge in [-0.05, 0) is 22.9 Å².